The summed E-state index contributed by atoms with van der Waals surface area (Å²) in [4.78, 5) is 30.1. The smallest absolute Gasteiger partial charge is 0.253 e. The van der Waals surface area contributed by atoms with Gasteiger partial charge in [0.25, 0.3) is 11.8 Å². The van der Waals surface area contributed by atoms with E-state index < -0.39 is 0 Å². The first-order valence-corrected chi connectivity index (χ1v) is 8.61. The monoisotopic (exact) mass is 389 g/mol. The second-order valence-corrected chi connectivity index (χ2v) is 6.16. The van der Waals surface area contributed by atoms with E-state index in [-0.39, 0.29) is 11.8 Å². The average molecular weight is 390 g/mol. The summed E-state index contributed by atoms with van der Waals surface area (Å²) in [7, 11) is 0. The second-order valence-electron chi connectivity index (χ2n) is 5.25. The van der Waals surface area contributed by atoms with Crippen molar-refractivity contribution < 1.29 is 9.59 Å². The number of pyridine rings is 1. The van der Waals surface area contributed by atoms with Crippen LogP contribution >= 0.6 is 15.9 Å². The summed E-state index contributed by atoms with van der Waals surface area (Å²) in [6.07, 6.45) is 3.15. The van der Waals surface area contributed by atoms with Crippen LogP contribution in [-0.2, 0) is 6.54 Å². The molecule has 0 saturated heterocycles. The lowest BCUT2D eigenvalue weighted by Crippen LogP contribution is -2.30. The van der Waals surface area contributed by atoms with Crippen LogP contribution in [0.1, 0.15) is 40.1 Å². The Kier molecular flexibility index (Phi) is 6.49. The highest BCUT2D eigenvalue weighted by molar-refractivity contribution is 9.10. The van der Waals surface area contributed by atoms with E-state index in [1.807, 2.05) is 26.0 Å². The Morgan fingerprint density at radius 3 is 2.33 bits per heavy atom. The van der Waals surface area contributed by atoms with Crippen LogP contribution in [0.4, 0.5) is 0 Å². The fourth-order valence-corrected chi connectivity index (χ4v) is 2.64. The van der Waals surface area contributed by atoms with E-state index in [0.29, 0.717) is 30.8 Å². The number of hydrogen-bond donors (Lipinski definition) is 1. The Bertz CT molecular complexity index is 712. The number of rotatable bonds is 6. The van der Waals surface area contributed by atoms with Crippen LogP contribution in [0.25, 0.3) is 0 Å². The molecule has 126 valence electrons. The van der Waals surface area contributed by atoms with Gasteiger partial charge in [0.05, 0.1) is 5.56 Å². The first-order chi connectivity index (χ1) is 11.5. The van der Waals surface area contributed by atoms with Gasteiger partial charge in [0.15, 0.2) is 0 Å². The van der Waals surface area contributed by atoms with Gasteiger partial charge in [-0.1, -0.05) is 12.1 Å². The summed E-state index contributed by atoms with van der Waals surface area (Å²) in [6, 6.07) is 9.02. The predicted molar refractivity (Wildman–Crippen MR) is 96.8 cm³/mol. The molecule has 1 heterocycles. The van der Waals surface area contributed by atoms with Gasteiger partial charge in [-0.3, -0.25) is 14.6 Å². The summed E-state index contributed by atoms with van der Waals surface area (Å²) in [5.41, 5.74) is 2.09. The molecule has 0 bridgehead atoms. The minimum absolute atomic E-state index is 0.0239. The number of carbonyl (C=O) groups excluding carboxylic acids is 2. The fraction of sp³-hybridized carbons (Fsp3) is 0.278. The first kappa shape index (κ1) is 18.1. The van der Waals surface area contributed by atoms with Crippen LogP contribution in [0.2, 0.25) is 0 Å². The Morgan fingerprint density at radius 1 is 1.08 bits per heavy atom. The number of nitrogens with zero attached hydrogens (tertiary/aromatic N) is 2. The van der Waals surface area contributed by atoms with Gasteiger partial charge in [0.1, 0.15) is 0 Å². The summed E-state index contributed by atoms with van der Waals surface area (Å²) in [5.74, 6) is -0.164. The van der Waals surface area contributed by atoms with Gasteiger partial charge in [0, 0.05) is 42.1 Å². The van der Waals surface area contributed by atoms with E-state index in [1.165, 1.54) is 6.20 Å². The number of carbonyl (C=O) groups is 2. The Hall–Kier alpha value is -2.21. The maximum absolute atomic E-state index is 12.2. The molecular formula is C18H20BrN3O2. The number of amides is 2. The highest BCUT2D eigenvalue weighted by Crippen LogP contribution is 2.11. The lowest BCUT2D eigenvalue weighted by Gasteiger charge is -2.18. The molecule has 0 saturated carbocycles. The SMILES string of the molecule is CCN(CC)C(=O)c1ccc(CNC(=O)c2cncc(Br)c2)cc1. The molecule has 6 heteroatoms. The second kappa shape index (κ2) is 8.59. The van der Waals surface area contributed by atoms with Crippen molar-refractivity contribution in [2.75, 3.05) is 13.1 Å². The molecule has 1 N–H and O–H groups in total. The maximum Gasteiger partial charge on any atom is 0.253 e. The average Bonchev–Trinajstić information content (AvgIpc) is 2.61. The van der Waals surface area contributed by atoms with Gasteiger partial charge in [-0.05, 0) is 53.5 Å². The first-order valence-electron chi connectivity index (χ1n) is 7.82. The normalized spacial score (nSPS) is 10.3. The molecule has 0 aliphatic carbocycles. The largest absolute Gasteiger partial charge is 0.348 e. The summed E-state index contributed by atoms with van der Waals surface area (Å²) < 4.78 is 0.759. The molecule has 24 heavy (non-hydrogen) atoms. The lowest BCUT2D eigenvalue weighted by molar-refractivity contribution is 0.0772. The molecule has 0 aliphatic rings. The zero-order valence-corrected chi connectivity index (χ0v) is 15.3. The van der Waals surface area contributed by atoms with Crippen molar-refractivity contribution in [2.45, 2.75) is 20.4 Å². The Balaban J connectivity index is 1.97. The molecule has 5 nitrogen and oxygen atoms in total. The molecule has 0 aliphatic heterocycles. The number of hydrogen-bond acceptors (Lipinski definition) is 3. The van der Waals surface area contributed by atoms with Crippen molar-refractivity contribution in [1.82, 2.24) is 15.2 Å². The fourth-order valence-electron chi connectivity index (χ4n) is 2.28. The van der Waals surface area contributed by atoms with E-state index in [2.05, 4.69) is 26.2 Å². The molecule has 0 fully saturated rings. The zero-order chi connectivity index (χ0) is 17.5. The van der Waals surface area contributed by atoms with Crippen LogP contribution in [-0.4, -0.2) is 34.8 Å². The van der Waals surface area contributed by atoms with E-state index in [0.717, 1.165) is 10.0 Å². The van der Waals surface area contributed by atoms with Gasteiger partial charge in [0.2, 0.25) is 0 Å². The van der Waals surface area contributed by atoms with E-state index in [9.17, 15) is 9.59 Å². The minimum Gasteiger partial charge on any atom is -0.348 e. The highest BCUT2D eigenvalue weighted by Gasteiger charge is 2.12. The Morgan fingerprint density at radius 2 is 1.75 bits per heavy atom. The number of halogens is 1. The summed E-state index contributed by atoms with van der Waals surface area (Å²) in [5, 5.41) is 2.84. The molecule has 2 aromatic rings. The summed E-state index contributed by atoms with van der Waals surface area (Å²) >= 11 is 3.29. The number of benzene rings is 1. The molecule has 0 spiro atoms. The Labute approximate surface area is 150 Å². The molecule has 0 radical (unpaired) electrons. The minimum atomic E-state index is -0.188. The van der Waals surface area contributed by atoms with Crippen LogP contribution in [0.3, 0.4) is 0 Å². The van der Waals surface area contributed by atoms with Gasteiger partial charge in [-0.2, -0.15) is 0 Å². The van der Waals surface area contributed by atoms with Crippen molar-refractivity contribution >= 4 is 27.7 Å². The molecule has 1 aromatic heterocycles. The highest BCUT2D eigenvalue weighted by atomic mass is 79.9. The van der Waals surface area contributed by atoms with Crippen molar-refractivity contribution in [1.29, 1.82) is 0 Å². The van der Waals surface area contributed by atoms with Gasteiger partial charge >= 0.3 is 0 Å². The maximum atomic E-state index is 12.2. The summed E-state index contributed by atoms with van der Waals surface area (Å²) in [6.45, 7) is 5.69. The topological polar surface area (TPSA) is 62.3 Å². The third kappa shape index (κ3) is 4.64. The van der Waals surface area contributed by atoms with Crippen molar-refractivity contribution in [2.24, 2.45) is 0 Å². The van der Waals surface area contributed by atoms with E-state index in [4.69, 9.17) is 0 Å². The van der Waals surface area contributed by atoms with Gasteiger partial charge in [-0.15, -0.1) is 0 Å². The molecule has 1 aromatic carbocycles. The molecule has 0 unspecified atom stereocenters. The molecule has 2 rings (SSSR count). The quantitative estimate of drug-likeness (QED) is 0.824. The van der Waals surface area contributed by atoms with E-state index >= 15 is 0 Å². The predicted octanol–water partition coefficient (Wildman–Crippen LogP) is 3.26. The molecule has 0 atom stereocenters. The third-order valence-electron chi connectivity index (χ3n) is 3.67. The van der Waals surface area contributed by atoms with Crippen LogP contribution in [0.15, 0.2) is 47.2 Å². The van der Waals surface area contributed by atoms with E-state index in [1.54, 1.807) is 29.3 Å². The van der Waals surface area contributed by atoms with Crippen molar-refractivity contribution in [3.63, 3.8) is 0 Å². The zero-order valence-electron chi connectivity index (χ0n) is 13.8. The van der Waals surface area contributed by atoms with Crippen molar-refractivity contribution in [3.05, 3.63) is 63.9 Å². The standard InChI is InChI=1S/C18H20BrN3O2/c1-3-22(4-2)18(24)14-7-5-13(6-8-14)10-21-17(23)15-9-16(19)12-20-11-15/h5-9,11-12H,3-4,10H2,1-2H3,(H,21,23). The number of aromatic nitrogens is 1. The molecular weight excluding hydrogens is 370 g/mol. The number of nitrogens with one attached hydrogen (secondary N) is 1. The third-order valence-corrected chi connectivity index (χ3v) is 4.11. The van der Waals surface area contributed by atoms with Crippen LogP contribution in [0.5, 0.6) is 0 Å². The van der Waals surface area contributed by atoms with Crippen LogP contribution < -0.4 is 5.32 Å². The van der Waals surface area contributed by atoms with Gasteiger partial charge < -0.3 is 10.2 Å². The van der Waals surface area contributed by atoms with Gasteiger partial charge in [-0.25, -0.2) is 0 Å². The lowest BCUT2D eigenvalue weighted by atomic mass is 10.1. The van der Waals surface area contributed by atoms with Crippen molar-refractivity contribution in [3.8, 4) is 0 Å². The molecule has 2 amide bonds. The van der Waals surface area contributed by atoms with Crippen LogP contribution in [0, 0.1) is 0 Å².